The van der Waals surface area contributed by atoms with Crippen molar-refractivity contribution >= 4 is 46.3 Å². The van der Waals surface area contributed by atoms with Crippen molar-refractivity contribution in [3.05, 3.63) is 64.8 Å². The molecule has 2 amide bonds. The Morgan fingerprint density at radius 1 is 1.11 bits per heavy atom. The number of ether oxygens (including phenoxy) is 1. The highest BCUT2D eigenvalue weighted by Gasteiger charge is 2.09. The summed E-state index contributed by atoms with van der Waals surface area (Å²) in [5.74, 6) is -0.248. The van der Waals surface area contributed by atoms with Gasteiger partial charge in [0, 0.05) is 18.3 Å². The van der Waals surface area contributed by atoms with E-state index in [2.05, 4.69) is 20.4 Å². The number of urea groups is 1. The van der Waals surface area contributed by atoms with Gasteiger partial charge in [0.25, 0.3) is 0 Å². The van der Waals surface area contributed by atoms with Gasteiger partial charge in [0.1, 0.15) is 0 Å². The third-order valence-corrected chi connectivity index (χ3v) is 5.31. The molecule has 1 heterocycles. The Balaban J connectivity index is 1.59. The lowest BCUT2D eigenvalue weighted by atomic mass is 10.2. The maximum absolute atomic E-state index is 12.1. The highest BCUT2D eigenvalue weighted by molar-refractivity contribution is 7.15. The van der Waals surface area contributed by atoms with Crippen LogP contribution in [0.2, 0.25) is 5.02 Å². The van der Waals surface area contributed by atoms with Crippen LogP contribution < -0.4 is 10.6 Å². The lowest BCUT2D eigenvalue weighted by Crippen LogP contribution is -2.19. The number of nitrogens with zero attached hydrogens (tertiary/aromatic N) is 1. The number of benzene rings is 2. The quantitative estimate of drug-likeness (QED) is 0.541. The number of aromatic nitrogens is 1. The number of esters is 1. The summed E-state index contributed by atoms with van der Waals surface area (Å²) in [7, 11) is 1.37. The van der Waals surface area contributed by atoms with Crippen molar-refractivity contribution < 1.29 is 14.3 Å². The molecule has 0 unspecified atom stereocenters. The lowest BCUT2D eigenvalue weighted by Gasteiger charge is -2.09. The van der Waals surface area contributed by atoms with Gasteiger partial charge in [-0.3, -0.25) is 4.79 Å². The summed E-state index contributed by atoms with van der Waals surface area (Å²) in [5.41, 5.74) is 2.19. The van der Waals surface area contributed by atoms with Gasteiger partial charge < -0.3 is 15.4 Å². The first-order valence-electron chi connectivity index (χ1n) is 8.49. The number of hydrogen-bond donors (Lipinski definition) is 2. The third kappa shape index (κ3) is 5.31. The predicted octanol–water partition coefficient (Wildman–Crippen LogP) is 5.21. The summed E-state index contributed by atoms with van der Waals surface area (Å²) >= 11 is 7.57. The van der Waals surface area contributed by atoms with Gasteiger partial charge in [0.05, 0.1) is 34.1 Å². The van der Waals surface area contributed by atoms with E-state index in [0.717, 1.165) is 15.4 Å². The Kier molecular flexibility index (Phi) is 6.62. The van der Waals surface area contributed by atoms with E-state index in [0.29, 0.717) is 29.2 Å². The monoisotopic (exact) mass is 415 g/mol. The van der Waals surface area contributed by atoms with Crippen molar-refractivity contribution in [3.63, 3.8) is 0 Å². The van der Waals surface area contributed by atoms with E-state index in [4.69, 9.17) is 11.6 Å². The van der Waals surface area contributed by atoms with Gasteiger partial charge >= 0.3 is 12.0 Å². The van der Waals surface area contributed by atoms with Crippen LogP contribution in [0.3, 0.4) is 0 Å². The molecule has 2 aromatic carbocycles. The van der Waals surface area contributed by atoms with Crippen LogP contribution in [0.1, 0.15) is 11.4 Å². The molecule has 0 bridgehead atoms. The molecule has 28 heavy (non-hydrogen) atoms. The number of nitrogens with one attached hydrogen (secondary N) is 2. The van der Waals surface area contributed by atoms with Gasteiger partial charge in [-0.15, -0.1) is 11.3 Å². The fourth-order valence-electron chi connectivity index (χ4n) is 2.44. The Morgan fingerprint density at radius 3 is 2.57 bits per heavy atom. The lowest BCUT2D eigenvalue weighted by molar-refractivity contribution is -0.140. The zero-order valence-electron chi connectivity index (χ0n) is 15.1. The number of methoxy groups -OCH3 is 1. The number of halogens is 1. The number of thiazole rings is 1. The molecule has 6 nitrogen and oxygen atoms in total. The zero-order chi connectivity index (χ0) is 19.9. The van der Waals surface area contributed by atoms with Crippen LogP contribution in [0.5, 0.6) is 0 Å². The molecule has 0 saturated carbocycles. The fraction of sp³-hybridized carbons (Fsp3) is 0.150. The molecule has 3 rings (SSSR count). The molecule has 3 aromatic rings. The largest absolute Gasteiger partial charge is 0.469 e. The van der Waals surface area contributed by atoms with Crippen LogP contribution >= 0.6 is 22.9 Å². The Labute approximate surface area is 171 Å². The number of amides is 2. The summed E-state index contributed by atoms with van der Waals surface area (Å²) in [4.78, 5) is 28.7. The number of aryl methyl sites for hydroxylation is 1. The van der Waals surface area contributed by atoms with Gasteiger partial charge in [-0.05, 0) is 29.8 Å². The molecule has 0 radical (unpaired) electrons. The van der Waals surface area contributed by atoms with Crippen molar-refractivity contribution in [1.29, 1.82) is 0 Å². The van der Waals surface area contributed by atoms with Crippen molar-refractivity contribution in [2.24, 2.45) is 0 Å². The number of para-hydroxylation sites is 1. The van der Waals surface area contributed by atoms with Gasteiger partial charge in [-0.1, -0.05) is 35.9 Å². The molecule has 2 N–H and O–H groups in total. The van der Waals surface area contributed by atoms with E-state index in [1.54, 1.807) is 30.5 Å². The number of anilines is 2. The molecule has 0 aliphatic rings. The van der Waals surface area contributed by atoms with Gasteiger partial charge in [0.2, 0.25) is 0 Å². The van der Waals surface area contributed by atoms with Crippen molar-refractivity contribution in [3.8, 4) is 10.4 Å². The van der Waals surface area contributed by atoms with Crippen LogP contribution in [-0.4, -0.2) is 24.1 Å². The smallest absolute Gasteiger partial charge is 0.323 e. The van der Waals surface area contributed by atoms with Crippen LogP contribution in [0.4, 0.5) is 16.2 Å². The van der Waals surface area contributed by atoms with Gasteiger partial charge in [0.15, 0.2) is 0 Å². The summed E-state index contributed by atoms with van der Waals surface area (Å²) in [6.45, 7) is 0. The van der Waals surface area contributed by atoms with Crippen LogP contribution in [0, 0.1) is 0 Å². The van der Waals surface area contributed by atoms with E-state index >= 15 is 0 Å². The number of hydrogen-bond acceptors (Lipinski definition) is 5. The number of carbonyl (C=O) groups is 2. The summed E-state index contributed by atoms with van der Waals surface area (Å²) in [6, 6.07) is 14.1. The molecule has 0 aliphatic carbocycles. The Hall–Kier alpha value is -2.90. The van der Waals surface area contributed by atoms with E-state index < -0.39 is 0 Å². The second-order valence-electron chi connectivity index (χ2n) is 5.83. The van der Waals surface area contributed by atoms with Gasteiger partial charge in [-0.2, -0.15) is 0 Å². The molecule has 144 valence electrons. The van der Waals surface area contributed by atoms with Crippen LogP contribution in [0.25, 0.3) is 10.4 Å². The van der Waals surface area contributed by atoms with Crippen molar-refractivity contribution in [1.82, 2.24) is 4.98 Å². The summed E-state index contributed by atoms with van der Waals surface area (Å²) in [6.07, 6.45) is 2.65. The minimum Gasteiger partial charge on any atom is -0.469 e. The van der Waals surface area contributed by atoms with Crippen LogP contribution in [0.15, 0.2) is 54.7 Å². The minimum absolute atomic E-state index is 0.248. The molecule has 0 fully saturated rings. The highest BCUT2D eigenvalue weighted by atomic mass is 35.5. The fourth-order valence-corrected chi connectivity index (χ4v) is 3.54. The topological polar surface area (TPSA) is 80.3 Å². The molecule has 8 heteroatoms. The van der Waals surface area contributed by atoms with Crippen molar-refractivity contribution in [2.75, 3.05) is 17.7 Å². The second kappa shape index (κ2) is 9.34. The summed E-state index contributed by atoms with van der Waals surface area (Å²) < 4.78 is 4.64. The Morgan fingerprint density at radius 2 is 1.86 bits per heavy atom. The van der Waals surface area contributed by atoms with Crippen molar-refractivity contribution in [2.45, 2.75) is 12.8 Å². The third-order valence-electron chi connectivity index (χ3n) is 3.87. The zero-order valence-corrected chi connectivity index (χ0v) is 16.6. The molecular formula is C20H18ClN3O3S. The number of carbonyl (C=O) groups excluding carboxylic acids is 2. The normalized spacial score (nSPS) is 10.4. The van der Waals surface area contributed by atoms with Gasteiger partial charge in [-0.25, -0.2) is 9.78 Å². The highest BCUT2D eigenvalue weighted by Crippen LogP contribution is 2.28. The molecule has 0 saturated heterocycles. The average Bonchev–Trinajstić information content (AvgIpc) is 3.17. The molecule has 0 atom stereocenters. The first-order valence-corrected chi connectivity index (χ1v) is 9.69. The first kappa shape index (κ1) is 19.9. The van der Waals surface area contributed by atoms with E-state index in [9.17, 15) is 9.59 Å². The average molecular weight is 416 g/mol. The van der Waals surface area contributed by atoms with E-state index in [1.807, 2.05) is 24.3 Å². The minimum atomic E-state index is -0.372. The summed E-state index contributed by atoms with van der Waals surface area (Å²) in [5, 5.41) is 6.83. The SMILES string of the molecule is COC(=O)CCc1ncc(-c2ccc(NC(=O)Nc3ccccc3Cl)cc2)s1. The molecule has 0 spiro atoms. The van der Waals surface area contributed by atoms with E-state index in [1.165, 1.54) is 18.4 Å². The predicted molar refractivity (Wildman–Crippen MR) is 112 cm³/mol. The molecule has 1 aromatic heterocycles. The Bertz CT molecular complexity index is 973. The first-order chi connectivity index (χ1) is 13.5. The maximum atomic E-state index is 12.1. The molecule has 0 aliphatic heterocycles. The second-order valence-corrected chi connectivity index (χ2v) is 7.35. The standard InChI is InChI=1S/C20H18ClN3O3S/c1-27-19(25)11-10-18-22-12-17(28-18)13-6-8-14(9-7-13)23-20(26)24-16-5-3-2-4-15(16)21/h2-9,12H,10-11H2,1H3,(H2,23,24,26). The number of rotatable bonds is 6. The van der Waals surface area contributed by atoms with Crippen LogP contribution in [-0.2, 0) is 16.0 Å². The molecular weight excluding hydrogens is 398 g/mol. The maximum Gasteiger partial charge on any atom is 0.323 e. The van der Waals surface area contributed by atoms with E-state index in [-0.39, 0.29) is 12.0 Å².